The molecule has 2 N–H and O–H groups in total. The van der Waals surface area contributed by atoms with Crippen LogP contribution < -0.4 is 5.73 Å². The number of nitrogens with zero attached hydrogens (tertiary/aromatic N) is 2. The fraction of sp³-hybridized carbons (Fsp3) is 0.304. The van der Waals surface area contributed by atoms with Gasteiger partial charge in [-0.2, -0.15) is 0 Å². The van der Waals surface area contributed by atoms with Crippen molar-refractivity contribution in [2.24, 2.45) is 11.7 Å². The lowest BCUT2D eigenvalue weighted by Crippen LogP contribution is -2.29. The molecular weight excluding hydrogens is 366 g/mol. The summed E-state index contributed by atoms with van der Waals surface area (Å²) in [7, 11) is 0. The maximum absolute atomic E-state index is 11.3. The summed E-state index contributed by atoms with van der Waals surface area (Å²) in [4.78, 5) is 18.7. The molecule has 1 aromatic heterocycles. The second kappa shape index (κ2) is 8.25. The number of rotatable bonds is 8. The number of benzene rings is 2. The first-order chi connectivity index (χ1) is 13.6. The molecule has 4 rings (SSSR count). The number of hydrogen-bond donors (Lipinski definition) is 1. The Morgan fingerprint density at radius 2 is 1.89 bits per heavy atom. The van der Waals surface area contributed by atoms with Crippen molar-refractivity contribution in [3.05, 3.63) is 76.8 Å². The largest absolute Gasteiger partial charge is 0.366 e. The number of aromatic nitrogens is 1. The Bertz CT molecular complexity index is 932. The summed E-state index contributed by atoms with van der Waals surface area (Å²) in [6.07, 6.45) is 2.68. The van der Waals surface area contributed by atoms with Gasteiger partial charge in [0.1, 0.15) is 5.01 Å². The van der Waals surface area contributed by atoms with Crippen molar-refractivity contribution in [2.75, 3.05) is 6.54 Å². The molecule has 28 heavy (non-hydrogen) atoms. The lowest BCUT2D eigenvalue weighted by Gasteiger charge is -2.29. The van der Waals surface area contributed by atoms with Crippen LogP contribution in [-0.2, 0) is 6.54 Å². The monoisotopic (exact) mass is 391 g/mol. The number of hydrogen-bond acceptors (Lipinski definition) is 4. The van der Waals surface area contributed by atoms with Crippen molar-refractivity contribution in [2.45, 2.75) is 32.4 Å². The van der Waals surface area contributed by atoms with Crippen molar-refractivity contribution in [3.8, 4) is 10.6 Å². The molecule has 0 saturated heterocycles. The van der Waals surface area contributed by atoms with Crippen LogP contribution >= 0.6 is 11.3 Å². The van der Waals surface area contributed by atoms with Crippen LogP contribution in [0.5, 0.6) is 0 Å². The van der Waals surface area contributed by atoms with E-state index >= 15 is 0 Å². The standard InChI is InChI=1S/C23H25N3OS/c1-16(18-5-3-2-4-6-18)26(13-17-7-8-17)14-21-15-28-23(25-21)20-11-9-19(10-12-20)22(24)27/h2-6,9-12,15-17H,7-8,13-14H2,1H3,(H2,24,27). The maximum Gasteiger partial charge on any atom is 0.248 e. The smallest absolute Gasteiger partial charge is 0.248 e. The van der Waals surface area contributed by atoms with E-state index < -0.39 is 5.91 Å². The molecule has 1 unspecified atom stereocenters. The van der Waals surface area contributed by atoms with Crippen molar-refractivity contribution in [3.63, 3.8) is 0 Å². The Morgan fingerprint density at radius 3 is 2.54 bits per heavy atom. The molecule has 1 amide bonds. The number of carbonyl (C=O) groups is 1. The molecule has 144 valence electrons. The predicted molar refractivity (Wildman–Crippen MR) is 114 cm³/mol. The first-order valence-corrected chi connectivity index (χ1v) is 10.6. The fourth-order valence-corrected chi connectivity index (χ4v) is 4.25. The summed E-state index contributed by atoms with van der Waals surface area (Å²) in [5, 5.41) is 3.12. The van der Waals surface area contributed by atoms with Gasteiger partial charge in [0.2, 0.25) is 5.91 Å². The molecular formula is C23H25N3OS. The molecule has 1 aliphatic rings. The van der Waals surface area contributed by atoms with Gasteiger partial charge >= 0.3 is 0 Å². The van der Waals surface area contributed by atoms with Crippen LogP contribution in [0.3, 0.4) is 0 Å². The normalized spacial score (nSPS) is 14.9. The summed E-state index contributed by atoms with van der Waals surface area (Å²) in [6.45, 7) is 4.26. The van der Waals surface area contributed by atoms with E-state index in [9.17, 15) is 4.79 Å². The van der Waals surface area contributed by atoms with Crippen molar-refractivity contribution < 1.29 is 4.79 Å². The van der Waals surface area contributed by atoms with E-state index in [2.05, 4.69) is 47.5 Å². The molecule has 1 fully saturated rings. The first kappa shape index (κ1) is 18.8. The maximum atomic E-state index is 11.3. The van der Waals surface area contributed by atoms with Gasteiger partial charge in [0.15, 0.2) is 0 Å². The van der Waals surface area contributed by atoms with Crippen LogP contribution in [0.25, 0.3) is 10.6 Å². The van der Waals surface area contributed by atoms with E-state index in [1.165, 1.54) is 18.4 Å². The van der Waals surface area contributed by atoms with E-state index in [1.54, 1.807) is 23.5 Å². The Kier molecular flexibility index (Phi) is 5.55. The molecule has 1 heterocycles. The summed E-state index contributed by atoms with van der Waals surface area (Å²) < 4.78 is 0. The SMILES string of the molecule is CC(c1ccccc1)N(Cc1csc(-c2ccc(C(N)=O)cc2)n1)CC1CC1. The van der Waals surface area contributed by atoms with Gasteiger partial charge in [-0.05, 0) is 43.4 Å². The Morgan fingerprint density at radius 1 is 1.18 bits per heavy atom. The average molecular weight is 392 g/mol. The van der Waals surface area contributed by atoms with Gasteiger partial charge in [-0.25, -0.2) is 4.98 Å². The zero-order chi connectivity index (χ0) is 19.5. The number of primary amides is 1. The summed E-state index contributed by atoms with van der Waals surface area (Å²) in [6, 6.07) is 18.4. The lowest BCUT2D eigenvalue weighted by molar-refractivity contribution is 0.100. The van der Waals surface area contributed by atoms with Gasteiger partial charge in [-0.1, -0.05) is 42.5 Å². The zero-order valence-electron chi connectivity index (χ0n) is 16.0. The van der Waals surface area contributed by atoms with E-state index in [-0.39, 0.29) is 0 Å². The lowest BCUT2D eigenvalue weighted by atomic mass is 10.1. The van der Waals surface area contributed by atoms with E-state index in [4.69, 9.17) is 10.7 Å². The van der Waals surface area contributed by atoms with Crippen LogP contribution in [0.4, 0.5) is 0 Å². The third-order valence-corrected chi connectivity index (χ3v) is 6.29. The number of nitrogens with two attached hydrogens (primary N) is 1. The third kappa shape index (κ3) is 4.49. The predicted octanol–water partition coefficient (Wildman–Crippen LogP) is 4.88. The van der Waals surface area contributed by atoms with Crippen LogP contribution in [0, 0.1) is 5.92 Å². The number of thiazole rings is 1. The molecule has 0 bridgehead atoms. The summed E-state index contributed by atoms with van der Waals surface area (Å²) in [5.74, 6) is 0.419. The van der Waals surface area contributed by atoms with Crippen LogP contribution in [0.15, 0.2) is 60.0 Å². The van der Waals surface area contributed by atoms with E-state index in [1.807, 2.05) is 12.1 Å². The van der Waals surface area contributed by atoms with Crippen LogP contribution in [0.1, 0.15) is 47.4 Å². The molecule has 2 aromatic carbocycles. The second-order valence-corrected chi connectivity index (χ2v) is 8.40. The molecule has 3 aromatic rings. The molecule has 1 aliphatic carbocycles. The third-order valence-electron chi connectivity index (χ3n) is 5.35. The fourth-order valence-electron chi connectivity index (χ4n) is 3.43. The quantitative estimate of drug-likeness (QED) is 0.595. The second-order valence-electron chi connectivity index (χ2n) is 7.55. The first-order valence-electron chi connectivity index (χ1n) is 9.74. The minimum absolute atomic E-state index is 0.363. The zero-order valence-corrected chi connectivity index (χ0v) is 16.9. The van der Waals surface area contributed by atoms with Crippen LogP contribution in [-0.4, -0.2) is 22.3 Å². The van der Waals surface area contributed by atoms with E-state index in [0.717, 1.165) is 35.3 Å². The Balaban J connectivity index is 1.50. The number of amides is 1. The Hall–Kier alpha value is -2.50. The molecule has 4 nitrogen and oxygen atoms in total. The summed E-state index contributed by atoms with van der Waals surface area (Å²) >= 11 is 1.65. The van der Waals surface area contributed by atoms with E-state index in [0.29, 0.717) is 11.6 Å². The van der Waals surface area contributed by atoms with Crippen molar-refractivity contribution in [1.82, 2.24) is 9.88 Å². The molecule has 0 spiro atoms. The van der Waals surface area contributed by atoms with Gasteiger partial charge < -0.3 is 5.73 Å². The highest BCUT2D eigenvalue weighted by atomic mass is 32.1. The molecule has 1 saturated carbocycles. The highest BCUT2D eigenvalue weighted by Crippen LogP contribution is 2.34. The molecule has 5 heteroatoms. The van der Waals surface area contributed by atoms with Gasteiger partial charge in [0.05, 0.1) is 5.69 Å². The van der Waals surface area contributed by atoms with Crippen molar-refractivity contribution in [1.29, 1.82) is 0 Å². The topological polar surface area (TPSA) is 59.2 Å². The van der Waals surface area contributed by atoms with Gasteiger partial charge in [-0.15, -0.1) is 11.3 Å². The van der Waals surface area contributed by atoms with Gasteiger partial charge in [0.25, 0.3) is 0 Å². The van der Waals surface area contributed by atoms with Crippen molar-refractivity contribution >= 4 is 17.2 Å². The molecule has 0 aliphatic heterocycles. The number of carbonyl (C=O) groups excluding carboxylic acids is 1. The van der Waals surface area contributed by atoms with Crippen LogP contribution in [0.2, 0.25) is 0 Å². The highest BCUT2D eigenvalue weighted by molar-refractivity contribution is 7.13. The minimum Gasteiger partial charge on any atom is -0.366 e. The summed E-state index contributed by atoms with van der Waals surface area (Å²) in [5.41, 5.74) is 9.31. The average Bonchev–Trinajstić information content (AvgIpc) is 3.42. The van der Waals surface area contributed by atoms with Gasteiger partial charge in [-0.3, -0.25) is 9.69 Å². The Labute approximate surface area is 170 Å². The molecule has 1 atom stereocenters. The van der Waals surface area contributed by atoms with Gasteiger partial charge in [0, 0.05) is 35.6 Å². The highest BCUT2D eigenvalue weighted by Gasteiger charge is 2.27. The molecule has 0 radical (unpaired) electrons. The minimum atomic E-state index is -0.406.